The summed E-state index contributed by atoms with van der Waals surface area (Å²) in [6.45, 7) is 9.39. The molecule has 0 amide bonds. The van der Waals surface area contributed by atoms with E-state index in [9.17, 15) is 4.79 Å². The van der Waals surface area contributed by atoms with Crippen LogP contribution in [0.15, 0.2) is 24.3 Å². The zero-order chi connectivity index (χ0) is 15.2. The molecule has 1 aliphatic heterocycles. The van der Waals surface area contributed by atoms with Crippen LogP contribution < -0.4 is 4.74 Å². The summed E-state index contributed by atoms with van der Waals surface area (Å²) >= 11 is 0. The normalized spacial score (nSPS) is 23.0. The summed E-state index contributed by atoms with van der Waals surface area (Å²) in [5.74, 6) is 0.732. The molecular formula is C17H25NO3. The van der Waals surface area contributed by atoms with Gasteiger partial charge in [-0.25, -0.2) is 0 Å². The average molecular weight is 291 g/mol. The largest absolute Gasteiger partial charge is 0.493 e. The van der Waals surface area contributed by atoms with Crippen LogP contribution in [0.4, 0.5) is 0 Å². The first-order chi connectivity index (χ1) is 10.1. The number of ether oxygens (including phenoxy) is 2. The maximum absolute atomic E-state index is 11.5. The first kappa shape index (κ1) is 16.0. The lowest BCUT2D eigenvalue weighted by molar-refractivity contribution is -0.0686. The molecule has 2 atom stereocenters. The highest BCUT2D eigenvalue weighted by Gasteiger charge is 2.21. The quantitative estimate of drug-likeness (QED) is 0.597. The molecular weight excluding hydrogens is 266 g/mol. The molecule has 0 bridgehead atoms. The van der Waals surface area contributed by atoms with Crippen LogP contribution in [0.25, 0.3) is 0 Å². The van der Waals surface area contributed by atoms with Crippen LogP contribution in [0.3, 0.4) is 0 Å². The van der Waals surface area contributed by atoms with Gasteiger partial charge in [0.2, 0.25) is 0 Å². The molecule has 0 aromatic heterocycles. The van der Waals surface area contributed by atoms with Crippen molar-refractivity contribution in [1.82, 2.24) is 4.90 Å². The summed E-state index contributed by atoms with van der Waals surface area (Å²) in [7, 11) is 0. The molecule has 1 aromatic carbocycles. The second-order valence-electron chi connectivity index (χ2n) is 5.77. The molecule has 1 saturated heterocycles. The predicted octanol–water partition coefficient (Wildman–Crippen LogP) is 2.77. The molecule has 0 spiro atoms. The van der Waals surface area contributed by atoms with E-state index in [4.69, 9.17) is 9.47 Å². The first-order valence-corrected chi connectivity index (χ1v) is 7.67. The van der Waals surface area contributed by atoms with Crippen molar-refractivity contribution in [3.05, 3.63) is 29.8 Å². The number of ketones is 1. The minimum Gasteiger partial charge on any atom is -0.493 e. The van der Waals surface area contributed by atoms with Crippen molar-refractivity contribution in [2.24, 2.45) is 0 Å². The third-order valence-electron chi connectivity index (χ3n) is 3.64. The number of carbonyl (C=O) groups is 1. The van der Waals surface area contributed by atoms with Gasteiger partial charge in [0.15, 0.2) is 5.78 Å². The molecule has 0 radical (unpaired) electrons. The fourth-order valence-corrected chi connectivity index (χ4v) is 2.82. The van der Waals surface area contributed by atoms with E-state index >= 15 is 0 Å². The van der Waals surface area contributed by atoms with Crippen molar-refractivity contribution in [1.29, 1.82) is 0 Å². The Hall–Kier alpha value is -1.39. The number of Topliss-reactive ketones (excluding diaryl/α,β-unsaturated/α-hetero) is 1. The van der Waals surface area contributed by atoms with E-state index in [-0.39, 0.29) is 5.78 Å². The summed E-state index contributed by atoms with van der Waals surface area (Å²) in [4.78, 5) is 13.9. The Balaban J connectivity index is 1.76. The van der Waals surface area contributed by atoms with Gasteiger partial charge in [0.05, 0.1) is 24.4 Å². The standard InChI is InChI=1S/C17H25NO3/c1-13-11-18(12-14(2)21-13)9-6-10-20-17-8-5-4-7-16(17)15(3)19/h4-5,7-8,13-14H,6,9-12H2,1-3H3/t13-,14+. The van der Waals surface area contributed by atoms with Crippen LogP contribution in [0, 0.1) is 0 Å². The van der Waals surface area contributed by atoms with E-state index in [0.717, 1.165) is 26.1 Å². The van der Waals surface area contributed by atoms with Gasteiger partial charge in [0, 0.05) is 19.6 Å². The lowest BCUT2D eigenvalue weighted by Crippen LogP contribution is -2.45. The van der Waals surface area contributed by atoms with E-state index in [2.05, 4.69) is 18.7 Å². The van der Waals surface area contributed by atoms with Gasteiger partial charge in [-0.05, 0) is 39.3 Å². The maximum atomic E-state index is 11.5. The van der Waals surface area contributed by atoms with Crippen molar-refractivity contribution in [3.63, 3.8) is 0 Å². The van der Waals surface area contributed by atoms with Crippen molar-refractivity contribution < 1.29 is 14.3 Å². The minimum absolute atomic E-state index is 0.0430. The van der Waals surface area contributed by atoms with Crippen LogP contribution in [-0.2, 0) is 4.74 Å². The second kappa shape index (κ2) is 7.57. The van der Waals surface area contributed by atoms with Crippen molar-refractivity contribution in [3.8, 4) is 5.75 Å². The van der Waals surface area contributed by atoms with E-state index in [1.54, 1.807) is 6.92 Å². The lowest BCUT2D eigenvalue weighted by Gasteiger charge is -2.35. The molecule has 1 heterocycles. The molecule has 0 unspecified atom stereocenters. The number of morpholine rings is 1. The summed E-state index contributed by atoms with van der Waals surface area (Å²) in [6, 6.07) is 7.42. The molecule has 4 heteroatoms. The maximum Gasteiger partial charge on any atom is 0.163 e. The van der Waals surface area contributed by atoms with Crippen LogP contribution >= 0.6 is 0 Å². The molecule has 1 aromatic rings. The van der Waals surface area contributed by atoms with Gasteiger partial charge >= 0.3 is 0 Å². The SMILES string of the molecule is CC(=O)c1ccccc1OCCCN1C[C@@H](C)O[C@@H](C)C1. The number of nitrogens with zero attached hydrogens (tertiary/aromatic N) is 1. The van der Waals surface area contributed by atoms with Gasteiger partial charge in [-0.1, -0.05) is 12.1 Å². The Morgan fingerprint density at radius 2 is 1.95 bits per heavy atom. The highest BCUT2D eigenvalue weighted by Crippen LogP contribution is 2.18. The van der Waals surface area contributed by atoms with Gasteiger partial charge in [-0.3, -0.25) is 9.69 Å². The number of para-hydroxylation sites is 1. The fraction of sp³-hybridized carbons (Fsp3) is 0.588. The summed E-state index contributed by atoms with van der Waals surface area (Å²) < 4.78 is 11.5. The smallest absolute Gasteiger partial charge is 0.163 e. The van der Waals surface area contributed by atoms with Crippen LogP contribution in [0.2, 0.25) is 0 Å². The number of carbonyl (C=O) groups excluding carboxylic acids is 1. The zero-order valence-corrected chi connectivity index (χ0v) is 13.2. The van der Waals surface area contributed by atoms with Crippen LogP contribution in [-0.4, -0.2) is 49.1 Å². The van der Waals surface area contributed by atoms with Gasteiger partial charge in [-0.15, -0.1) is 0 Å². The Labute approximate surface area is 127 Å². The molecule has 0 N–H and O–H groups in total. The van der Waals surface area contributed by atoms with Crippen LogP contribution in [0.1, 0.15) is 37.6 Å². The predicted molar refractivity (Wildman–Crippen MR) is 83.0 cm³/mol. The van der Waals surface area contributed by atoms with Gasteiger partial charge in [0.1, 0.15) is 5.75 Å². The third kappa shape index (κ3) is 4.83. The average Bonchev–Trinajstić information content (AvgIpc) is 2.43. The van der Waals surface area contributed by atoms with Crippen molar-refractivity contribution >= 4 is 5.78 Å². The Morgan fingerprint density at radius 3 is 2.62 bits per heavy atom. The van der Waals surface area contributed by atoms with Crippen molar-refractivity contribution in [2.75, 3.05) is 26.2 Å². The highest BCUT2D eigenvalue weighted by molar-refractivity contribution is 5.96. The second-order valence-corrected chi connectivity index (χ2v) is 5.77. The molecule has 1 fully saturated rings. The van der Waals surface area contributed by atoms with E-state index < -0.39 is 0 Å². The third-order valence-corrected chi connectivity index (χ3v) is 3.64. The van der Waals surface area contributed by atoms with Crippen LogP contribution in [0.5, 0.6) is 5.75 Å². The molecule has 116 valence electrons. The van der Waals surface area contributed by atoms with Gasteiger partial charge in [-0.2, -0.15) is 0 Å². The lowest BCUT2D eigenvalue weighted by atomic mass is 10.1. The van der Waals surface area contributed by atoms with Crippen molar-refractivity contribution in [2.45, 2.75) is 39.4 Å². The van der Waals surface area contributed by atoms with E-state index in [1.165, 1.54) is 0 Å². The van der Waals surface area contributed by atoms with Gasteiger partial charge in [0.25, 0.3) is 0 Å². The molecule has 1 aliphatic rings. The number of benzene rings is 1. The molecule has 0 saturated carbocycles. The Morgan fingerprint density at radius 1 is 1.29 bits per heavy atom. The molecule has 21 heavy (non-hydrogen) atoms. The first-order valence-electron chi connectivity index (χ1n) is 7.67. The minimum atomic E-state index is 0.0430. The monoisotopic (exact) mass is 291 g/mol. The summed E-state index contributed by atoms with van der Waals surface area (Å²) in [6.07, 6.45) is 1.55. The number of rotatable bonds is 6. The Bertz CT molecular complexity index is 465. The molecule has 0 aliphatic carbocycles. The molecule has 4 nitrogen and oxygen atoms in total. The highest BCUT2D eigenvalue weighted by atomic mass is 16.5. The number of hydrogen-bond acceptors (Lipinski definition) is 4. The fourth-order valence-electron chi connectivity index (χ4n) is 2.82. The summed E-state index contributed by atoms with van der Waals surface area (Å²) in [5, 5.41) is 0. The van der Waals surface area contributed by atoms with Gasteiger partial charge < -0.3 is 9.47 Å². The van der Waals surface area contributed by atoms with E-state index in [1.807, 2.05) is 24.3 Å². The van der Waals surface area contributed by atoms with E-state index in [0.29, 0.717) is 30.1 Å². The molecule has 2 rings (SSSR count). The number of hydrogen-bond donors (Lipinski definition) is 0. The summed E-state index contributed by atoms with van der Waals surface area (Å²) in [5.41, 5.74) is 0.658. The zero-order valence-electron chi connectivity index (χ0n) is 13.2. The Kier molecular flexibility index (Phi) is 5.76. The topological polar surface area (TPSA) is 38.8 Å².